The number of benzene rings is 1. The molecule has 0 spiro atoms. The first-order valence-corrected chi connectivity index (χ1v) is 5.61. The number of aromatic nitrogens is 1. The molecule has 2 rings (SSSR count). The van der Waals surface area contributed by atoms with E-state index in [0.29, 0.717) is 11.5 Å². The molecule has 0 aliphatic carbocycles. The lowest BCUT2D eigenvalue weighted by Crippen LogP contribution is -2.22. The molecule has 1 heterocycles. The van der Waals surface area contributed by atoms with Gasteiger partial charge in [0, 0.05) is 17.7 Å². The summed E-state index contributed by atoms with van der Waals surface area (Å²) in [5.41, 5.74) is -0.0748. The van der Waals surface area contributed by atoms with Crippen molar-refractivity contribution in [3.8, 4) is 0 Å². The van der Waals surface area contributed by atoms with Gasteiger partial charge >= 0.3 is 5.69 Å². The molecule has 0 aliphatic heterocycles. The fourth-order valence-corrected chi connectivity index (χ4v) is 1.56. The van der Waals surface area contributed by atoms with E-state index < -0.39 is 22.3 Å². The minimum atomic E-state index is -0.989. The Kier molecular flexibility index (Phi) is 3.74. The van der Waals surface area contributed by atoms with Crippen LogP contribution in [-0.4, -0.2) is 16.0 Å². The molecular weight excluding hydrogens is 269 g/mol. The SMILES string of the molecule is Cc1cc(CNC(=O)c2ccc(F)c([N+](=O)[O-])c2)on1. The quantitative estimate of drug-likeness (QED) is 0.681. The lowest BCUT2D eigenvalue weighted by molar-refractivity contribution is -0.387. The summed E-state index contributed by atoms with van der Waals surface area (Å²) in [5, 5.41) is 16.7. The van der Waals surface area contributed by atoms with Gasteiger partial charge in [-0.25, -0.2) is 0 Å². The van der Waals surface area contributed by atoms with Crippen molar-refractivity contribution in [1.29, 1.82) is 0 Å². The molecule has 7 nitrogen and oxygen atoms in total. The Morgan fingerprint density at radius 3 is 2.85 bits per heavy atom. The standard InChI is InChI=1S/C12H10FN3O4/c1-7-4-9(20-15-7)6-14-12(17)8-2-3-10(13)11(5-8)16(18)19/h2-5H,6H2,1H3,(H,14,17). The van der Waals surface area contributed by atoms with Crippen molar-refractivity contribution in [3.05, 3.63) is 57.2 Å². The number of hydrogen-bond donors (Lipinski definition) is 1. The Balaban J connectivity index is 2.09. The molecule has 0 atom stereocenters. The number of halogens is 1. The highest BCUT2D eigenvalue weighted by Crippen LogP contribution is 2.18. The number of nitrogens with zero attached hydrogens (tertiary/aromatic N) is 2. The van der Waals surface area contributed by atoms with Crippen molar-refractivity contribution < 1.29 is 18.6 Å². The van der Waals surface area contributed by atoms with Gasteiger partial charge in [-0.2, -0.15) is 4.39 Å². The predicted molar refractivity (Wildman–Crippen MR) is 65.5 cm³/mol. The van der Waals surface area contributed by atoms with E-state index in [1.165, 1.54) is 6.07 Å². The van der Waals surface area contributed by atoms with Crippen LogP contribution in [0, 0.1) is 22.9 Å². The van der Waals surface area contributed by atoms with Gasteiger partial charge in [0.1, 0.15) is 0 Å². The fourth-order valence-electron chi connectivity index (χ4n) is 1.56. The van der Waals surface area contributed by atoms with E-state index in [0.717, 1.165) is 12.1 Å². The zero-order chi connectivity index (χ0) is 14.7. The number of nitro benzene ring substituents is 1. The number of nitro groups is 1. The Labute approximate surface area is 112 Å². The van der Waals surface area contributed by atoms with Crippen molar-refractivity contribution in [2.24, 2.45) is 0 Å². The van der Waals surface area contributed by atoms with E-state index in [-0.39, 0.29) is 12.1 Å². The molecule has 104 valence electrons. The summed E-state index contributed by atoms with van der Waals surface area (Å²) in [6, 6.07) is 4.58. The average molecular weight is 279 g/mol. The number of carbonyl (C=O) groups excluding carboxylic acids is 1. The van der Waals surface area contributed by atoms with Crippen LogP contribution in [0.2, 0.25) is 0 Å². The van der Waals surface area contributed by atoms with E-state index in [4.69, 9.17) is 4.52 Å². The summed E-state index contributed by atoms with van der Waals surface area (Å²) in [5.74, 6) is -1.10. The van der Waals surface area contributed by atoms with Crippen molar-refractivity contribution in [3.63, 3.8) is 0 Å². The van der Waals surface area contributed by atoms with Gasteiger partial charge in [0.25, 0.3) is 5.91 Å². The van der Waals surface area contributed by atoms with Gasteiger partial charge in [-0.3, -0.25) is 14.9 Å². The summed E-state index contributed by atoms with van der Waals surface area (Å²) < 4.78 is 18.0. The molecule has 8 heteroatoms. The second-order valence-electron chi connectivity index (χ2n) is 4.04. The van der Waals surface area contributed by atoms with Crippen LogP contribution in [-0.2, 0) is 6.54 Å². The number of carbonyl (C=O) groups is 1. The van der Waals surface area contributed by atoms with E-state index in [9.17, 15) is 19.3 Å². The Bertz CT molecular complexity index is 668. The summed E-state index contributed by atoms with van der Waals surface area (Å²) >= 11 is 0. The Morgan fingerprint density at radius 1 is 1.50 bits per heavy atom. The van der Waals surface area contributed by atoms with Crippen molar-refractivity contribution in [2.45, 2.75) is 13.5 Å². The van der Waals surface area contributed by atoms with Crippen LogP contribution in [0.1, 0.15) is 21.8 Å². The second kappa shape index (κ2) is 5.47. The van der Waals surface area contributed by atoms with Crippen molar-refractivity contribution in [2.75, 3.05) is 0 Å². The fraction of sp³-hybridized carbons (Fsp3) is 0.167. The molecule has 2 aromatic rings. The molecule has 20 heavy (non-hydrogen) atoms. The number of aryl methyl sites for hydroxylation is 1. The third-order valence-corrected chi connectivity index (χ3v) is 2.50. The van der Waals surface area contributed by atoms with Gasteiger partial charge in [0.05, 0.1) is 17.2 Å². The monoisotopic (exact) mass is 279 g/mol. The Hall–Kier alpha value is -2.77. The zero-order valence-electron chi connectivity index (χ0n) is 10.4. The smallest absolute Gasteiger partial charge is 0.305 e. The maximum atomic E-state index is 13.1. The molecule has 0 saturated heterocycles. The number of rotatable bonds is 4. The lowest BCUT2D eigenvalue weighted by Gasteiger charge is -2.03. The first-order chi connectivity index (χ1) is 9.47. The maximum Gasteiger partial charge on any atom is 0.305 e. The van der Waals surface area contributed by atoms with E-state index >= 15 is 0 Å². The van der Waals surface area contributed by atoms with Crippen molar-refractivity contribution in [1.82, 2.24) is 10.5 Å². The van der Waals surface area contributed by atoms with Gasteiger partial charge in [0.2, 0.25) is 5.82 Å². The molecule has 0 saturated carbocycles. The summed E-state index contributed by atoms with van der Waals surface area (Å²) in [4.78, 5) is 21.5. The van der Waals surface area contributed by atoms with E-state index in [1.54, 1.807) is 13.0 Å². The first-order valence-electron chi connectivity index (χ1n) is 5.61. The summed E-state index contributed by atoms with van der Waals surface area (Å²) in [7, 11) is 0. The van der Waals surface area contributed by atoms with Crippen LogP contribution in [0.4, 0.5) is 10.1 Å². The maximum absolute atomic E-state index is 13.1. The molecule has 0 bridgehead atoms. The van der Waals surface area contributed by atoms with Crippen LogP contribution in [0.5, 0.6) is 0 Å². The van der Waals surface area contributed by atoms with Crippen LogP contribution in [0.3, 0.4) is 0 Å². The molecular formula is C12H10FN3O4. The van der Waals surface area contributed by atoms with Crippen LogP contribution < -0.4 is 5.32 Å². The minimum absolute atomic E-state index is 0.00524. The third kappa shape index (κ3) is 2.97. The molecule has 1 N–H and O–H groups in total. The van der Waals surface area contributed by atoms with Gasteiger partial charge in [-0.1, -0.05) is 5.16 Å². The number of nitrogens with one attached hydrogen (secondary N) is 1. The molecule has 0 radical (unpaired) electrons. The van der Waals surface area contributed by atoms with Gasteiger partial charge < -0.3 is 9.84 Å². The zero-order valence-corrected chi connectivity index (χ0v) is 10.4. The van der Waals surface area contributed by atoms with Gasteiger partial charge in [-0.05, 0) is 19.1 Å². The number of amides is 1. The predicted octanol–water partition coefficient (Wildman–Crippen LogP) is 1.96. The first kappa shape index (κ1) is 13.7. The molecule has 1 amide bonds. The highest BCUT2D eigenvalue weighted by Gasteiger charge is 2.17. The van der Waals surface area contributed by atoms with Crippen LogP contribution >= 0.6 is 0 Å². The van der Waals surface area contributed by atoms with Gasteiger partial charge in [-0.15, -0.1) is 0 Å². The molecule has 0 unspecified atom stereocenters. The number of hydrogen-bond acceptors (Lipinski definition) is 5. The molecule has 1 aromatic heterocycles. The summed E-state index contributed by atoms with van der Waals surface area (Å²) in [6.45, 7) is 1.82. The summed E-state index contributed by atoms with van der Waals surface area (Å²) in [6.07, 6.45) is 0. The lowest BCUT2D eigenvalue weighted by atomic mass is 10.2. The highest BCUT2D eigenvalue weighted by molar-refractivity contribution is 5.94. The highest BCUT2D eigenvalue weighted by atomic mass is 19.1. The normalized spacial score (nSPS) is 10.3. The van der Waals surface area contributed by atoms with Gasteiger partial charge in [0.15, 0.2) is 5.76 Å². The molecule has 1 aromatic carbocycles. The van der Waals surface area contributed by atoms with Crippen molar-refractivity contribution >= 4 is 11.6 Å². The topological polar surface area (TPSA) is 98.3 Å². The van der Waals surface area contributed by atoms with E-state index in [2.05, 4.69) is 10.5 Å². The molecule has 0 aliphatic rings. The van der Waals surface area contributed by atoms with Crippen LogP contribution in [0.15, 0.2) is 28.8 Å². The van der Waals surface area contributed by atoms with E-state index in [1.807, 2.05) is 0 Å². The molecule has 0 fully saturated rings. The second-order valence-corrected chi connectivity index (χ2v) is 4.04. The largest absolute Gasteiger partial charge is 0.359 e. The average Bonchev–Trinajstić information content (AvgIpc) is 2.82. The van der Waals surface area contributed by atoms with Crippen LogP contribution in [0.25, 0.3) is 0 Å². The minimum Gasteiger partial charge on any atom is -0.359 e. The third-order valence-electron chi connectivity index (χ3n) is 2.50. The Morgan fingerprint density at radius 2 is 2.25 bits per heavy atom.